The Morgan fingerprint density at radius 1 is 1.18 bits per heavy atom. The molecule has 0 aromatic rings. The summed E-state index contributed by atoms with van der Waals surface area (Å²) in [5.74, 6) is 5.43. The fourth-order valence-electron chi connectivity index (χ4n) is 1.33. The minimum absolute atomic E-state index is 0.283. The van der Waals surface area contributed by atoms with Gasteiger partial charge in [-0.15, -0.1) is 0 Å². The summed E-state index contributed by atoms with van der Waals surface area (Å²) >= 11 is 0. The highest BCUT2D eigenvalue weighted by Crippen LogP contribution is 2.16. The summed E-state index contributed by atoms with van der Waals surface area (Å²) < 4.78 is 0. The van der Waals surface area contributed by atoms with E-state index in [1.165, 1.54) is 0 Å². The summed E-state index contributed by atoms with van der Waals surface area (Å²) in [6.07, 6.45) is 4.21. The highest BCUT2D eigenvalue weighted by molar-refractivity contribution is 4.63. The van der Waals surface area contributed by atoms with E-state index in [1.54, 1.807) is 0 Å². The molecule has 1 atom stereocenters. The van der Waals surface area contributed by atoms with Crippen LogP contribution in [0.3, 0.4) is 0 Å². The second-order valence-corrected chi connectivity index (χ2v) is 2.94. The summed E-state index contributed by atoms with van der Waals surface area (Å²) in [7, 11) is 0. The molecule has 0 fully saturated rings. The van der Waals surface area contributed by atoms with E-state index in [2.05, 4.69) is 18.7 Å². The number of hydrogen-bond donors (Lipinski definition) is 2. The van der Waals surface area contributed by atoms with Gasteiger partial charge in [-0.2, -0.15) is 0 Å². The van der Waals surface area contributed by atoms with Crippen molar-refractivity contribution >= 4 is 0 Å². The normalized spacial score (nSPS) is 13.9. The molecule has 0 aliphatic carbocycles. The molecule has 1 unspecified atom stereocenters. The first-order valence-corrected chi connectivity index (χ1v) is 4.37. The maximum Gasteiger partial charge on any atom is 0.129 e. The van der Waals surface area contributed by atoms with Crippen LogP contribution in [0.2, 0.25) is 0 Å². The summed E-state index contributed by atoms with van der Waals surface area (Å²) in [5, 5.41) is 0. The SMILES string of the molecule is CCCC(CCC)C(N)ON. The second-order valence-electron chi connectivity index (χ2n) is 2.94. The van der Waals surface area contributed by atoms with Gasteiger partial charge in [-0.25, -0.2) is 5.90 Å². The lowest BCUT2D eigenvalue weighted by Gasteiger charge is -2.20. The molecule has 4 N–H and O–H groups in total. The van der Waals surface area contributed by atoms with Crippen LogP contribution < -0.4 is 11.6 Å². The van der Waals surface area contributed by atoms with E-state index in [1.807, 2.05) is 0 Å². The quantitative estimate of drug-likeness (QED) is 0.456. The molecule has 3 nitrogen and oxygen atoms in total. The second kappa shape index (κ2) is 6.58. The van der Waals surface area contributed by atoms with Gasteiger partial charge in [-0.05, 0) is 12.8 Å². The average Bonchev–Trinajstić information content (AvgIpc) is 2.03. The third-order valence-corrected chi connectivity index (χ3v) is 1.94. The fourth-order valence-corrected chi connectivity index (χ4v) is 1.33. The van der Waals surface area contributed by atoms with Crippen molar-refractivity contribution in [3.05, 3.63) is 0 Å². The lowest BCUT2D eigenvalue weighted by molar-refractivity contribution is 0.00943. The highest BCUT2D eigenvalue weighted by Gasteiger charge is 2.15. The molecule has 0 aromatic carbocycles. The molecule has 0 radical (unpaired) electrons. The summed E-state index contributed by atoms with van der Waals surface area (Å²) in [4.78, 5) is 4.60. The molecule has 0 aromatic heterocycles. The van der Waals surface area contributed by atoms with Crippen molar-refractivity contribution in [3.63, 3.8) is 0 Å². The molecular weight excluding hydrogens is 140 g/mol. The van der Waals surface area contributed by atoms with Crippen molar-refractivity contribution in [2.45, 2.75) is 45.8 Å². The Labute approximate surface area is 69.0 Å². The molecule has 0 rings (SSSR count). The average molecular weight is 160 g/mol. The predicted molar refractivity (Wildman–Crippen MR) is 46.6 cm³/mol. The maximum atomic E-state index is 5.64. The van der Waals surface area contributed by atoms with Gasteiger partial charge in [0, 0.05) is 5.92 Å². The lowest BCUT2D eigenvalue weighted by atomic mass is 9.97. The van der Waals surface area contributed by atoms with Gasteiger partial charge in [0.05, 0.1) is 0 Å². The van der Waals surface area contributed by atoms with Gasteiger partial charge in [0.1, 0.15) is 6.23 Å². The fraction of sp³-hybridized carbons (Fsp3) is 1.00. The van der Waals surface area contributed by atoms with E-state index in [4.69, 9.17) is 11.6 Å². The zero-order chi connectivity index (χ0) is 8.69. The zero-order valence-electron chi connectivity index (χ0n) is 7.55. The maximum absolute atomic E-state index is 5.64. The van der Waals surface area contributed by atoms with E-state index in [-0.39, 0.29) is 6.23 Å². The van der Waals surface area contributed by atoms with Crippen LogP contribution in [-0.2, 0) is 4.84 Å². The highest BCUT2D eigenvalue weighted by atomic mass is 16.6. The molecule has 0 bridgehead atoms. The Hall–Kier alpha value is -0.120. The number of hydrogen-bond acceptors (Lipinski definition) is 3. The molecule has 0 saturated carbocycles. The zero-order valence-corrected chi connectivity index (χ0v) is 7.55. The lowest BCUT2D eigenvalue weighted by Crippen LogP contribution is -2.35. The predicted octanol–water partition coefficient (Wildman–Crippen LogP) is 1.38. The minimum atomic E-state index is -0.283. The molecule has 0 spiro atoms. The molecule has 0 aliphatic heterocycles. The standard InChI is InChI=1S/C8H20N2O/c1-3-5-7(6-4-2)8(9)11-10/h7-8H,3-6,9-10H2,1-2H3. The van der Waals surface area contributed by atoms with Crippen LogP contribution in [0.5, 0.6) is 0 Å². The Morgan fingerprint density at radius 2 is 1.64 bits per heavy atom. The van der Waals surface area contributed by atoms with Gasteiger partial charge in [0.2, 0.25) is 0 Å². The number of nitrogens with two attached hydrogens (primary N) is 2. The van der Waals surface area contributed by atoms with Crippen LogP contribution in [0.4, 0.5) is 0 Å². The third-order valence-electron chi connectivity index (χ3n) is 1.94. The van der Waals surface area contributed by atoms with Gasteiger partial charge >= 0.3 is 0 Å². The molecule has 0 heterocycles. The molecule has 11 heavy (non-hydrogen) atoms. The Morgan fingerprint density at radius 3 is 1.91 bits per heavy atom. The van der Waals surface area contributed by atoms with Crippen molar-refractivity contribution in [1.29, 1.82) is 0 Å². The van der Waals surface area contributed by atoms with E-state index >= 15 is 0 Å². The van der Waals surface area contributed by atoms with Crippen LogP contribution >= 0.6 is 0 Å². The van der Waals surface area contributed by atoms with Crippen molar-refractivity contribution in [1.82, 2.24) is 0 Å². The molecule has 0 amide bonds. The van der Waals surface area contributed by atoms with Crippen molar-refractivity contribution < 1.29 is 4.84 Å². The summed E-state index contributed by atoms with van der Waals surface area (Å²) in [6, 6.07) is 0. The van der Waals surface area contributed by atoms with E-state index in [0.29, 0.717) is 5.92 Å². The van der Waals surface area contributed by atoms with Gasteiger partial charge in [0.15, 0.2) is 0 Å². The topological polar surface area (TPSA) is 61.3 Å². The largest absolute Gasteiger partial charge is 0.304 e. The van der Waals surface area contributed by atoms with Gasteiger partial charge in [-0.1, -0.05) is 26.7 Å². The van der Waals surface area contributed by atoms with E-state index in [0.717, 1.165) is 25.7 Å². The van der Waals surface area contributed by atoms with Crippen molar-refractivity contribution in [2.75, 3.05) is 0 Å². The van der Waals surface area contributed by atoms with Crippen molar-refractivity contribution in [3.8, 4) is 0 Å². The van der Waals surface area contributed by atoms with Crippen LogP contribution in [-0.4, -0.2) is 6.23 Å². The first-order chi connectivity index (χ1) is 5.26. The molecule has 3 heteroatoms. The first kappa shape index (κ1) is 10.9. The molecule has 0 aliphatic rings. The monoisotopic (exact) mass is 160 g/mol. The smallest absolute Gasteiger partial charge is 0.129 e. The molecule has 68 valence electrons. The van der Waals surface area contributed by atoms with Crippen LogP contribution in [0.25, 0.3) is 0 Å². The van der Waals surface area contributed by atoms with Crippen LogP contribution in [0.1, 0.15) is 39.5 Å². The summed E-state index contributed by atoms with van der Waals surface area (Å²) in [5.41, 5.74) is 5.64. The van der Waals surface area contributed by atoms with E-state index < -0.39 is 0 Å². The Balaban J connectivity index is 3.66. The van der Waals surface area contributed by atoms with Crippen LogP contribution in [0.15, 0.2) is 0 Å². The Bertz CT molecular complexity index is 82.2. The van der Waals surface area contributed by atoms with Gasteiger partial charge in [-0.3, -0.25) is 4.84 Å². The minimum Gasteiger partial charge on any atom is -0.304 e. The van der Waals surface area contributed by atoms with Gasteiger partial charge in [0.25, 0.3) is 0 Å². The third kappa shape index (κ3) is 4.35. The van der Waals surface area contributed by atoms with Crippen molar-refractivity contribution in [2.24, 2.45) is 17.5 Å². The number of rotatable bonds is 6. The first-order valence-electron chi connectivity index (χ1n) is 4.37. The summed E-state index contributed by atoms with van der Waals surface area (Å²) in [6.45, 7) is 4.29. The van der Waals surface area contributed by atoms with Gasteiger partial charge < -0.3 is 5.73 Å². The van der Waals surface area contributed by atoms with Crippen LogP contribution in [0, 0.1) is 5.92 Å². The van der Waals surface area contributed by atoms with E-state index in [9.17, 15) is 0 Å². The molecule has 0 saturated heterocycles. The Kier molecular flexibility index (Phi) is 6.51. The molecular formula is C8H20N2O.